The van der Waals surface area contributed by atoms with Crippen LogP contribution in [0.5, 0.6) is 0 Å². The van der Waals surface area contributed by atoms with Gasteiger partial charge in [0.25, 0.3) is 5.56 Å². The SMILES string of the molecule is COCc1nc(-c2cnccc2C)cc(=O)[nH]1. The van der Waals surface area contributed by atoms with Crippen molar-refractivity contribution < 1.29 is 4.74 Å². The number of nitrogens with one attached hydrogen (secondary N) is 1. The van der Waals surface area contributed by atoms with Gasteiger partial charge in [-0.1, -0.05) is 0 Å². The lowest BCUT2D eigenvalue weighted by Crippen LogP contribution is -2.12. The Bertz CT molecular complexity index is 578. The Morgan fingerprint density at radius 2 is 2.29 bits per heavy atom. The molecule has 0 bridgehead atoms. The van der Waals surface area contributed by atoms with Gasteiger partial charge in [-0.2, -0.15) is 0 Å². The van der Waals surface area contributed by atoms with Gasteiger partial charge in [-0.25, -0.2) is 4.98 Å². The Balaban J connectivity index is 2.52. The Labute approximate surface area is 98.5 Å². The first kappa shape index (κ1) is 11.5. The van der Waals surface area contributed by atoms with Gasteiger partial charge in [-0.3, -0.25) is 9.78 Å². The van der Waals surface area contributed by atoms with Gasteiger partial charge in [-0.15, -0.1) is 0 Å². The summed E-state index contributed by atoms with van der Waals surface area (Å²) in [5.41, 5.74) is 2.31. The molecular weight excluding hydrogens is 218 g/mol. The summed E-state index contributed by atoms with van der Waals surface area (Å²) in [7, 11) is 1.56. The summed E-state index contributed by atoms with van der Waals surface area (Å²) >= 11 is 0. The zero-order valence-electron chi connectivity index (χ0n) is 9.73. The maximum absolute atomic E-state index is 11.5. The predicted octanol–water partition coefficient (Wildman–Crippen LogP) is 1.29. The van der Waals surface area contributed by atoms with Crippen LogP contribution in [0, 0.1) is 6.92 Å². The normalized spacial score (nSPS) is 10.5. The van der Waals surface area contributed by atoms with E-state index in [-0.39, 0.29) is 12.2 Å². The largest absolute Gasteiger partial charge is 0.377 e. The summed E-state index contributed by atoms with van der Waals surface area (Å²) in [4.78, 5) is 22.5. The molecule has 1 N–H and O–H groups in total. The van der Waals surface area contributed by atoms with E-state index >= 15 is 0 Å². The lowest BCUT2D eigenvalue weighted by Gasteiger charge is -2.05. The summed E-state index contributed by atoms with van der Waals surface area (Å²) in [5, 5.41) is 0. The standard InChI is InChI=1S/C12H13N3O2/c1-8-3-4-13-6-9(8)10-5-12(16)15-11(14-10)7-17-2/h3-6H,7H2,1-2H3,(H,14,15,16). The highest BCUT2D eigenvalue weighted by atomic mass is 16.5. The molecule has 0 aromatic carbocycles. The summed E-state index contributed by atoms with van der Waals surface area (Å²) in [6.45, 7) is 2.23. The molecule has 0 radical (unpaired) electrons. The third-order valence-corrected chi connectivity index (χ3v) is 2.39. The van der Waals surface area contributed by atoms with E-state index in [1.165, 1.54) is 6.07 Å². The average Bonchev–Trinajstić information content (AvgIpc) is 2.29. The van der Waals surface area contributed by atoms with Crippen LogP contribution >= 0.6 is 0 Å². The van der Waals surface area contributed by atoms with Crippen molar-refractivity contribution in [1.82, 2.24) is 15.0 Å². The van der Waals surface area contributed by atoms with Crippen molar-refractivity contribution in [2.45, 2.75) is 13.5 Å². The zero-order valence-corrected chi connectivity index (χ0v) is 9.73. The number of hydrogen-bond donors (Lipinski definition) is 1. The van der Waals surface area contributed by atoms with E-state index in [9.17, 15) is 4.79 Å². The molecule has 0 aliphatic heterocycles. The fourth-order valence-electron chi connectivity index (χ4n) is 1.58. The minimum absolute atomic E-state index is 0.190. The summed E-state index contributed by atoms with van der Waals surface area (Å²) in [6, 6.07) is 3.34. The van der Waals surface area contributed by atoms with Gasteiger partial charge in [0.1, 0.15) is 12.4 Å². The molecule has 5 heteroatoms. The second kappa shape index (κ2) is 4.88. The fraction of sp³-hybridized carbons (Fsp3) is 0.250. The number of aromatic nitrogens is 3. The average molecular weight is 231 g/mol. The molecule has 2 rings (SSSR count). The Hall–Kier alpha value is -2.01. The van der Waals surface area contributed by atoms with Gasteiger partial charge >= 0.3 is 0 Å². The van der Waals surface area contributed by atoms with Crippen molar-refractivity contribution in [3.63, 3.8) is 0 Å². The van der Waals surface area contributed by atoms with Crippen molar-refractivity contribution in [2.75, 3.05) is 7.11 Å². The van der Waals surface area contributed by atoms with Gasteiger partial charge in [-0.05, 0) is 18.6 Å². The molecule has 2 aromatic heterocycles. The number of ether oxygens (including phenoxy) is 1. The van der Waals surface area contributed by atoms with Gasteiger partial charge in [0, 0.05) is 31.1 Å². The number of rotatable bonds is 3. The van der Waals surface area contributed by atoms with Crippen LogP contribution in [0.3, 0.4) is 0 Å². The third kappa shape index (κ3) is 2.57. The highest BCUT2D eigenvalue weighted by molar-refractivity contribution is 5.61. The van der Waals surface area contributed by atoms with Crippen LogP contribution < -0.4 is 5.56 Å². The maximum Gasteiger partial charge on any atom is 0.251 e. The quantitative estimate of drug-likeness (QED) is 0.864. The van der Waals surface area contributed by atoms with E-state index in [0.29, 0.717) is 11.5 Å². The van der Waals surface area contributed by atoms with Crippen molar-refractivity contribution in [3.8, 4) is 11.3 Å². The van der Waals surface area contributed by atoms with E-state index in [1.807, 2.05) is 13.0 Å². The zero-order chi connectivity index (χ0) is 12.3. The minimum Gasteiger partial charge on any atom is -0.377 e. The monoisotopic (exact) mass is 231 g/mol. The van der Waals surface area contributed by atoms with E-state index < -0.39 is 0 Å². The third-order valence-electron chi connectivity index (χ3n) is 2.39. The molecule has 0 aliphatic rings. The number of aromatic amines is 1. The first-order valence-corrected chi connectivity index (χ1v) is 5.21. The number of aryl methyl sites for hydroxylation is 1. The Morgan fingerprint density at radius 1 is 1.47 bits per heavy atom. The highest BCUT2D eigenvalue weighted by Gasteiger charge is 2.06. The van der Waals surface area contributed by atoms with Crippen LogP contribution in [0.2, 0.25) is 0 Å². The number of pyridine rings is 1. The minimum atomic E-state index is -0.190. The molecule has 2 heterocycles. The summed E-state index contributed by atoms with van der Waals surface area (Å²) in [5.74, 6) is 0.512. The molecule has 2 aromatic rings. The van der Waals surface area contributed by atoms with E-state index in [1.54, 1.807) is 19.5 Å². The highest BCUT2D eigenvalue weighted by Crippen LogP contribution is 2.18. The number of methoxy groups -OCH3 is 1. The maximum atomic E-state index is 11.5. The molecule has 0 unspecified atom stereocenters. The van der Waals surface area contributed by atoms with Crippen molar-refractivity contribution >= 4 is 0 Å². The van der Waals surface area contributed by atoms with E-state index in [0.717, 1.165) is 11.1 Å². The lowest BCUT2D eigenvalue weighted by atomic mass is 10.1. The Kier molecular flexibility index (Phi) is 3.30. The fourth-order valence-corrected chi connectivity index (χ4v) is 1.58. The molecule has 0 atom stereocenters. The van der Waals surface area contributed by atoms with E-state index in [4.69, 9.17) is 4.74 Å². The van der Waals surface area contributed by atoms with Crippen LogP contribution in [0.4, 0.5) is 0 Å². The second-order valence-electron chi connectivity index (χ2n) is 3.70. The summed E-state index contributed by atoms with van der Waals surface area (Å²) in [6.07, 6.45) is 3.41. The molecule has 0 saturated carbocycles. The topological polar surface area (TPSA) is 67.9 Å². The molecule has 0 aliphatic carbocycles. The number of nitrogens with zero attached hydrogens (tertiary/aromatic N) is 2. The summed E-state index contributed by atoms with van der Waals surface area (Å²) < 4.78 is 4.96. The lowest BCUT2D eigenvalue weighted by molar-refractivity contribution is 0.177. The number of hydrogen-bond acceptors (Lipinski definition) is 4. The first-order chi connectivity index (χ1) is 8.20. The van der Waals surface area contributed by atoms with Crippen LogP contribution in [-0.2, 0) is 11.3 Å². The Morgan fingerprint density at radius 3 is 3.00 bits per heavy atom. The van der Waals surface area contributed by atoms with Crippen LogP contribution in [0.15, 0.2) is 29.3 Å². The first-order valence-electron chi connectivity index (χ1n) is 5.21. The van der Waals surface area contributed by atoms with Crippen LogP contribution in [0.25, 0.3) is 11.3 Å². The molecule has 0 amide bonds. The second-order valence-corrected chi connectivity index (χ2v) is 3.70. The molecule has 0 saturated heterocycles. The van der Waals surface area contributed by atoms with Gasteiger partial charge in [0.15, 0.2) is 0 Å². The molecule has 17 heavy (non-hydrogen) atoms. The number of H-pyrrole nitrogens is 1. The molecular formula is C12H13N3O2. The molecule has 88 valence electrons. The molecule has 0 fully saturated rings. The van der Waals surface area contributed by atoms with Crippen molar-refractivity contribution in [3.05, 3.63) is 46.3 Å². The van der Waals surface area contributed by atoms with E-state index in [2.05, 4.69) is 15.0 Å². The molecule has 5 nitrogen and oxygen atoms in total. The van der Waals surface area contributed by atoms with Gasteiger partial charge < -0.3 is 9.72 Å². The van der Waals surface area contributed by atoms with Crippen LogP contribution in [0.1, 0.15) is 11.4 Å². The van der Waals surface area contributed by atoms with Gasteiger partial charge in [0.2, 0.25) is 0 Å². The predicted molar refractivity (Wildman–Crippen MR) is 63.5 cm³/mol. The van der Waals surface area contributed by atoms with Crippen molar-refractivity contribution in [1.29, 1.82) is 0 Å². The smallest absolute Gasteiger partial charge is 0.251 e. The van der Waals surface area contributed by atoms with Crippen LogP contribution in [-0.4, -0.2) is 22.1 Å². The van der Waals surface area contributed by atoms with Gasteiger partial charge in [0.05, 0.1) is 5.69 Å². The molecule has 0 spiro atoms. The van der Waals surface area contributed by atoms with Crippen molar-refractivity contribution in [2.24, 2.45) is 0 Å².